The van der Waals surface area contributed by atoms with Crippen LogP contribution in [0.1, 0.15) is 95.9 Å². The number of aliphatic carboxylic acids is 1. The number of hydrogen-bond acceptors (Lipinski definition) is 9. The first-order chi connectivity index (χ1) is 19.1. The Hall–Kier alpha value is -1.48. The van der Waals surface area contributed by atoms with Gasteiger partial charge in [-0.05, 0) is 72.1 Å². The van der Waals surface area contributed by atoms with E-state index in [9.17, 15) is 24.1 Å². The van der Waals surface area contributed by atoms with Crippen molar-refractivity contribution in [1.82, 2.24) is 14.7 Å². The lowest BCUT2D eigenvalue weighted by Gasteiger charge is -2.39. The minimum Gasteiger partial charge on any atom is -0.481 e. The monoisotopic (exact) mass is 633 g/mol. The predicted molar refractivity (Wildman–Crippen MR) is 175 cm³/mol. The fraction of sp³-hybridized carbons (Fsp3) is 0.906. The molecule has 0 amide bonds. The van der Waals surface area contributed by atoms with Crippen LogP contribution in [-0.4, -0.2) is 120 Å². The molecule has 0 saturated heterocycles. The summed E-state index contributed by atoms with van der Waals surface area (Å²) in [5.74, 6) is -2.30. The van der Waals surface area contributed by atoms with Gasteiger partial charge in [0.2, 0.25) is 0 Å². The van der Waals surface area contributed by atoms with Gasteiger partial charge in [0.25, 0.3) is 0 Å². The molecule has 0 aliphatic rings. The van der Waals surface area contributed by atoms with Crippen LogP contribution in [0.4, 0.5) is 0 Å². The van der Waals surface area contributed by atoms with Crippen LogP contribution in [0.25, 0.3) is 0 Å². The molecule has 10 nitrogen and oxygen atoms in total. The van der Waals surface area contributed by atoms with E-state index in [2.05, 4.69) is 51.3 Å². The molecule has 0 heterocycles. The molecule has 0 spiro atoms. The second kappa shape index (κ2) is 16.7. The van der Waals surface area contributed by atoms with E-state index in [0.29, 0.717) is 26.2 Å². The molecule has 0 aromatic heterocycles. The Kier molecular flexibility index (Phi) is 16.1. The van der Waals surface area contributed by atoms with Crippen LogP contribution in [0.5, 0.6) is 0 Å². The maximum absolute atomic E-state index is 13.6. The van der Waals surface area contributed by atoms with Crippen LogP contribution in [0.3, 0.4) is 0 Å². The minimum absolute atomic E-state index is 0.0707. The highest BCUT2D eigenvalue weighted by molar-refractivity contribution is 7.63. The van der Waals surface area contributed by atoms with Gasteiger partial charge in [-0.3, -0.25) is 24.2 Å². The van der Waals surface area contributed by atoms with Gasteiger partial charge in [-0.25, -0.2) is 0 Å². The Bertz CT molecular complexity index is 891. The summed E-state index contributed by atoms with van der Waals surface area (Å²) < 4.78 is 24.6. The van der Waals surface area contributed by atoms with E-state index < -0.39 is 42.0 Å². The van der Waals surface area contributed by atoms with Crippen LogP contribution in [0.2, 0.25) is 0 Å². The van der Waals surface area contributed by atoms with E-state index in [4.69, 9.17) is 9.47 Å². The van der Waals surface area contributed by atoms with Crippen molar-refractivity contribution in [2.45, 2.75) is 113 Å². The molecule has 0 bridgehead atoms. The Labute approximate surface area is 262 Å². The lowest BCUT2D eigenvalue weighted by molar-refractivity contribution is -0.160. The molecule has 11 heteroatoms. The largest absolute Gasteiger partial charge is 0.481 e. The van der Waals surface area contributed by atoms with Crippen LogP contribution in [-0.2, 0) is 28.4 Å². The zero-order valence-electron chi connectivity index (χ0n) is 29.8. The summed E-state index contributed by atoms with van der Waals surface area (Å²) in [5, 5.41) is 9.46. The topological polar surface area (TPSA) is 117 Å². The van der Waals surface area contributed by atoms with Crippen molar-refractivity contribution in [2.75, 3.05) is 65.7 Å². The van der Waals surface area contributed by atoms with Crippen LogP contribution >= 0.6 is 7.14 Å². The number of hydrogen-bond donors (Lipinski definition) is 1. The Morgan fingerprint density at radius 1 is 0.674 bits per heavy atom. The third-order valence-electron chi connectivity index (χ3n) is 6.10. The van der Waals surface area contributed by atoms with Crippen molar-refractivity contribution in [1.29, 1.82) is 0 Å². The highest BCUT2D eigenvalue weighted by Gasteiger charge is 2.32. The lowest BCUT2D eigenvalue weighted by Crippen LogP contribution is -2.48. The van der Waals surface area contributed by atoms with Crippen molar-refractivity contribution in [3.63, 3.8) is 0 Å². The molecule has 0 aliphatic carbocycles. The van der Waals surface area contributed by atoms with Gasteiger partial charge in [0.1, 0.15) is 11.2 Å². The first-order valence-corrected chi connectivity index (χ1v) is 18.1. The molecule has 0 aliphatic heterocycles. The van der Waals surface area contributed by atoms with Gasteiger partial charge in [-0.1, -0.05) is 41.5 Å². The molecular weight excluding hydrogens is 569 g/mol. The van der Waals surface area contributed by atoms with Crippen molar-refractivity contribution in [3.8, 4) is 0 Å². The summed E-state index contributed by atoms with van der Waals surface area (Å²) in [5.41, 5.74) is -1.21. The Morgan fingerprint density at radius 2 is 1.05 bits per heavy atom. The first kappa shape index (κ1) is 41.5. The Balaban J connectivity index is 6.25. The molecule has 0 aromatic rings. The SMILES string of the molecule is CC(C)(C)CN(CCN(CCN(CC(=O)OC(C)(C)C)CC(=O)OC(C)(C)C)C(CCC(=O)O)P(C)(C)=O)CC(C)(C)C. The number of rotatable bonds is 17. The molecule has 0 aromatic carbocycles. The Morgan fingerprint density at radius 3 is 1.35 bits per heavy atom. The van der Waals surface area contributed by atoms with Crippen LogP contribution in [0.15, 0.2) is 0 Å². The fourth-order valence-electron chi connectivity index (χ4n) is 4.97. The number of carboxylic acids is 1. The fourth-order valence-corrected chi connectivity index (χ4v) is 6.74. The molecule has 0 fully saturated rings. The molecule has 0 rings (SSSR count). The molecule has 0 saturated carbocycles. The average molecular weight is 634 g/mol. The van der Waals surface area contributed by atoms with Gasteiger partial charge in [0.05, 0.1) is 26.0 Å². The second-order valence-corrected chi connectivity index (χ2v) is 20.1. The molecule has 43 heavy (non-hydrogen) atoms. The van der Waals surface area contributed by atoms with Crippen molar-refractivity contribution >= 4 is 25.0 Å². The van der Waals surface area contributed by atoms with Gasteiger partial charge >= 0.3 is 17.9 Å². The summed E-state index contributed by atoms with van der Waals surface area (Å²) in [6.45, 7) is 30.8. The second-order valence-electron chi connectivity index (χ2n) is 16.6. The van der Waals surface area contributed by atoms with Gasteiger partial charge in [-0.2, -0.15) is 0 Å². The lowest BCUT2D eigenvalue weighted by atomic mass is 9.92. The van der Waals surface area contributed by atoms with E-state index in [0.717, 1.165) is 13.1 Å². The molecule has 1 unspecified atom stereocenters. The molecular formula is C32H64N3O7P. The zero-order valence-corrected chi connectivity index (χ0v) is 30.7. The maximum atomic E-state index is 13.6. The number of esters is 2. The first-order valence-electron chi connectivity index (χ1n) is 15.5. The summed E-state index contributed by atoms with van der Waals surface area (Å²) >= 11 is 0. The highest BCUT2D eigenvalue weighted by Crippen LogP contribution is 2.46. The van der Waals surface area contributed by atoms with Crippen molar-refractivity contribution in [3.05, 3.63) is 0 Å². The maximum Gasteiger partial charge on any atom is 0.320 e. The zero-order chi connectivity index (χ0) is 34.0. The molecule has 1 N–H and O–H groups in total. The third-order valence-corrected chi connectivity index (χ3v) is 8.12. The summed E-state index contributed by atoms with van der Waals surface area (Å²) in [6, 6.07) is 0. The summed E-state index contributed by atoms with van der Waals surface area (Å²) in [6.07, 6.45) is 0.149. The molecule has 0 radical (unpaired) electrons. The summed E-state index contributed by atoms with van der Waals surface area (Å²) in [7, 11) is -2.76. The van der Waals surface area contributed by atoms with Gasteiger partial charge in [0, 0.05) is 45.7 Å². The minimum atomic E-state index is -2.76. The van der Waals surface area contributed by atoms with E-state index >= 15 is 0 Å². The predicted octanol–water partition coefficient (Wildman–Crippen LogP) is 5.48. The number of carbonyl (C=O) groups excluding carboxylic acids is 2. The van der Waals surface area contributed by atoms with Gasteiger partial charge in [0.15, 0.2) is 0 Å². The third kappa shape index (κ3) is 22.7. The summed E-state index contributed by atoms with van der Waals surface area (Å²) in [4.78, 5) is 43.3. The smallest absolute Gasteiger partial charge is 0.320 e. The number of carbonyl (C=O) groups is 3. The normalized spacial score (nSPS) is 14.3. The van der Waals surface area contributed by atoms with Crippen LogP contribution < -0.4 is 0 Å². The van der Waals surface area contributed by atoms with E-state index in [1.165, 1.54) is 0 Å². The van der Waals surface area contributed by atoms with Gasteiger partial charge < -0.3 is 24.0 Å². The quantitative estimate of drug-likeness (QED) is 0.163. The van der Waals surface area contributed by atoms with Gasteiger partial charge in [-0.15, -0.1) is 0 Å². The van der Waals surface area contributed by atoms with Crippen molar-refractivity contribution in [2.24, 2.45) is 10.8 Å². The number of nitrogens with zero attached hydrogens (tertiary/aromatic N) is 3. The highest BCUT2D eigenvalue weighted by atomic mass is 31.2. The van der Waals surface area contributed by atoms with Crippen LogP contribution in [0, 0.1) is 10.8 Å². The number of carboxylic acid groups (broad SMARTS) is 1. The average Bonchev–Trinajstić information content (AvgIpc) is 2.68. The van der Waals surface area contributed by atoms with Crippen molar-refractivity contribution < 1.29 is 33.5 Å². The molecule has 254 valence electrons. The molecule has 1 atom stereocenters. The standard InChI is InChI=1S/C32H64N3O7P/c1-29(2,3)23-34(24-30(4,5)6)18-20-35(25(43(13,14)40)15-16-26(36)37)19-17-33(21-27(38)41-31(7,8)9)22-28(39)42-32(10,11)12/h25H,15-24H2,1-14H3,(H,36,37). The number of ether oxygens (including phenoxy) is 2. The van der Waals surface area contributed by atoms with E-state index in [1.807, 2.05) is 0 Å². The van der Waals surface area contributed by atoms with E-state index in [-0.39, 0.29) is 36.8 Å². The van der Waals surface area contributed by atoms with E-state index in [1.54, 1.807) is 59.8 Å².